The summed E-state index contributed by atoms with van der Waals surface area (Å²) in [6.45, 7) is 6.99. The summed E-state index contributed by atoms with van der Waals surface area (Å²) in [5, 5.41) is 0. The van der Waals surface area contributed by atoms with E-state index in [2.05, 4.69) is 4.90 Å². The number of carbonyl (C=O) groups is 1. The molecule has 1 atom stereocenters. The summed E-state index contributed by atoms with van der Waals surface area (Å²) in [6, 6.07) is 5.97. The first-order valence-corrected chi connectivity index (χ1v) is 7.52. The number of nitrogens with zero attached hydrogens (tertiary/aromatic N) is 2. The first-order valence-electron chi connectivity index (χ1n) is 7.52. The van der Waals surface area contributed by atoms with Crippen LogP contribution in [0, 0.1) is 0 Å². The second-order valence-electron chi connectivity index (χ2n) is 6.95. The standard InChI is InChI=1S/C17H26N2O3/c1-17(2,3)22-16(20)19-10-12-7-8-13(21-6)9-14(12)15(19)11-18(4)5/h7-9,15H,10-11H2,1-6H3. The fourth-order valence-electron chi connectivity index (χ4n) is 2.67. The zero-order valence-corrected chi connectivity index (χ0v) is 14.3. The number of methoxy groups -OCH3 is 1. The average molecular weight is 306 g/mol. The number of fused-ring (bicyclic) bond motifs is 1. The van der Waals surface area contributed by atoms with Crippen LogP contribution >= 0.6 is 0 Å². The molecular weight excluding hydrogens is 280 g/mol. The van der Waals surface area contributed by atoms with Gasteiger partial charge in [0.05, 0.1) is 19.7 Å². The van der Waals surface area contributed by atoms with Crippen molar-refractivity contribution in [3.8, 4) is 5.75 Å². The van der Waals surface area contributed by atoms with Crippen LogP contribution in [0.3, 0.4) is 0 Å². The number of amides is 1. The highest BCUT2D eigenvalue weighted by atomic mass is 16.6. The van der Waals surface area contributed by atoms with Gasteiger partial charge in [0.25, 0.3) is 0 Å². The lowest BCUT2D eigenvalue weighted by molar-refractivity contribution is 0.0150. The van der Waals surface area contributed by atoms with Crippen LogP contribution in [0.25, 0.3) is 0 Å². The topological polar surface area (TPSA) is 42.0 Å². The molecule has 0 aliphatic carbocycles. The van der Waals surface area contributed by atoms with Gasteiger partial charge in [-0.05, 0) is 58.1 Å². The molecule has 1 unspecified atom stereocenters. The van der Waals surface area contributed by atoms with Crippen LogP contribution < -0.4 is 4.74 Å². The van der Waals surface area contributed by atoms with Crippen LogP contribution in [0.5, 0.6) is 5.75 Å². The van der Waals surface area contributed by atoms with Crippen LogP contribution in [0.1, 0.15) is 37.9 Å². The summed E-state index contributed by atoms with van der Waals surface area (Å²) >= 11 is 0. The second kappa shape index (κ2) is 6.16. The predicted molar refractivity (Wildman–Crippen MR) is 86.1 cm³/mol. The third kappa shape index (κ3) is 3.71. The Morgan fingerprint density at radius 1 is 1.36 bits per heavy atom. The zero-order valence-electron chi connectivity index (χ0n) is 14.3. The van der Waals surface area contributed by atoms with E-state index in [1.54, 1.807) is 12.0 Å². The molecule has 1 aliphatic heterocycles. The molecule has 0 aromatic heterocycles. The van der Waals surface area contributed by atoms with Crippen molar-refractivity contribution in [1.82, 2.24) is 9.80 Å². The van der Waals surface area contributed by atoms with Crippen molar-refractivity contribution in [2.45, 2.75) is 39.0 Å². The Morgan fingerprint density at radius 2 is 2.05 bits per heavy atom. The minimum absolute atomic E-state index is 0.0186. The second-order valence-corrected chi connectivity index (χ2v) is 6.95. The van der Waals surface area contributed by atoms with Crippen molar-refractivity contribution in [1.29, 1.82) is 0 Å². The van der Waals surface area contributed by atoms with Gasteiger partial charge in [-0.3, -0.25) is 4.90 Å². The van der Waals surface area contributed by atoms with Crippen molar-refractivity contribution in [2.24, 2.45) is 0 Å². The molecule has 1 heterocycles. The smallest absolute Gasteiger partial charge is 0.411 e. The van der Waals surface area contributed by atoms with Crippen LogP contribution in [0.4, 0.5) is 4.79 Å². The van der Waals surface area contributed by atoms with Crippen molar-refractivity contribution < 1.29 is 14.3 Å². The first-order chi connectivity index (χ1) is 10.2. The van der Waals surface area contributed by atoms with Crippen molar-refractivity contribution >= 4 is 6.09 Å². The molecule has 0 saturated heterocycles. The van der Waals surface area contributed by atoms with Crippen LogP contribution in [0.2, 0.25) is 0 Å². The summed E-state index contributed by atoms with van der Waals surface area (Å²) < 4.78 is 10.9. The van der Waals surface area contributed by atoms with Gasteiger partial charge in [-0.1, -0.05) is 6.07 Å². The molecule has 1 amide bonds. The molecular formula is C17H26N2O3. The predicted octanol–water partition coefficient (Wildman–Crippen LogP) is 3.05. The van der Waals surface area contributed by atoms with Crippen molar-refractivity contribution in [3.63, 3.8) is 0 Å². The van der Waals surface area contributed by atoms with E-state index in [1.807, 2.05) is 53.1 Å². The number of benzene rings is 1. The van der Waals surface area contributed by atoms with Crippen LogP contribution in [0.15, 0.2) is 18.2 Å². The Labute approximate surface area is 132 Å². The van der Waals surface area contributed by atoms with E-state index >= 15 is 0 Å². The maximum Gasteiger partial charge on any atom is 0.411 e. The Hall–Kier alpha value is -1.75. The summed E-state index contributed by atoms with van der Waals surface area (Å²) in [5.74, 6) is 0.813. The minimum atomic E-state index is -0.494. The van der Waals surface area contributed by atoms with E-state index in [1.165, 1.54) is 0 Å². The summed E-state index contributed by atoms with van der Waals surface area (Å²) in [5.41, 5.74) is 1.80. The largest absolute Gasteiger partial charge is 0.497 e. The number of hydrogen-bond donors (Lipinski definition) is 0. The Kier molecular flexibility index (Phi) is 4.66. The Balaban J connectivity index is 2.30. The Bertz CT molecular complexity index is 549. The molecule has 0 bridgehead atoms. The highest BCUT2D eigenvalue weighted by molar-refractivity contribution is 5.70. The molecule has 1 aliphatic rings. The van der Waals surface area contributed by atoms with Gasteiger partial charge in [0.2, 0.25) is 0 Å². The first kappa shape index (κ1) is 16.6. The maximum absolute atomic E-state index is 12.5. The molecule has 0 N–H and O–H groups in total. The molecule has 0 saturated carbocycles. The van der Waals surface area contributed by atoms with Gasteiger partial charge >= 0.3 is 6.09 Å². The number of rotatable bonds is 3. The van der Waals surface area contributed by atoms with Crippen LogP contribution in [-0.2, 0) is 11.3 Å². The lowest BCUT2D eigenvalue weighted by Gasteiger charge is -2.30. The summed E-state index contributed by atoms with van der Waals surface area (Å²) in [6.07, 6.45) is -0.269. The molecule has 2 rings (SSSR count). The highest BCUT2D eigenvalue weighted by Crippen LogP contribution is 2.37. The molecule has 122 valence electrons. The molecule has 22 heavy (non-hydrogen) atoms. The molecule has 1 aromatic rings. The number of likely N-dealkylation sites (N-methyl/N-ethyl adjacent to an activating group) is 1. The van der Waals surface area contributed by atoms with E-state index in [-0.39, 0.29) is 12.1 Å². The normalized spacial score (nSPS) is 17.6. The van der Waals surface area contributed by atoms with E-state index < -0.39 is 5.60 Å². The lowest BCUT2D eigenvalue weighted by atomic mass is 10.0. The SMILES string of the molecule is COc1ccc2c(c1)C(CN(C)C)N(C(=O)OC(C)(C)C)C2. The monoisotopic (exact) mass is 306 g/mol. The molecule has 5 nitrogen and oxygen atoms in total. The van der Waals surface area contributed by atoms with Gasteiger partial charge in [-0.15, -0.1) is 0 Å². The number of hydrogen-bond acceptors (Lipinski definition) is 4. The fourth-order valence-corrected chi connectivity index (χ4v) is 2.67. The molecule has 1 aromatic carbocycles. The third-order valence-electron chi connectivity index (χ3n) is 3.60. The lowest BCUT2D eigenvalue weighted by Crippen LogP contribution is -2.39. The van der Waals surface area contributed by atoms with Gasteiger partial charge < -0.3 is 14.4 Å². The number of ether oxygens (including phenoxy) is 2. The van der Waals surface area contributed by atoms with Crippen molar-refractivity contribution in [3.05, 3.63) is 29.3 Å². The molecule has 0 fully saturated rings. The van der Waals surface area contributed by atoms with Gasteiger partial charge in [0.1, 0.15) is 11.4 Å². The van der Waals surface area contributed by atoms with E-state index in [0.717, 1.165) is 23.4 Å². The summed E-state index contributed by atoms with van der Waals surface area (Å²) in [7, 11) is 5.67. The van der Waals surface area contributed by atoms with Gasteiger partial charge in [0.15, 0.2) is 0 Å². The Morgan fingerprint density at radius 3 is 2.59 bits per heavy atom. The van der Waals surface area contributed by atoms with Crippen LogP contribution in [-0.4, -0.2) is 49.2 Å². The molecule has 0 spiro atoms. The highest BCUT2D eigenvalue weighted by Gasteiger charge is 2.36. The van der Waals surface area contributed by atoms with E-state index in [9.17, 15) is 4.79 Å². The van der Waals surface area contributed by atoms with Crippen molar-refractivity contribution in [2.75, 3.05) is 27.7 Å². The van der Waals surface area contributed by atoms with E-state index in [4.69, 9.17) is 9.47 Å². The average Bonchev–Trinajstić information content (AvgIpc) is 2.74. The van der Waals surface area contributed by atoms with E-state index in [0.29, 0.717) is 6.54 Å². The molecule has 0 radical (unpaired) electrons. The number of carbonyl (C=O) groups excluding carboxylic acids is 1. The maximum atomic E-state index is 12.5. The zero-order chi connectivity index (χ0) is 16.5. The minimum Gasteiger partial charge on any atom is -0.497 e. The fraction of sp³-hybridized carbons (Fsp3) is 0.588. The van der Waals surface area contributed by atoms with Gasteiger partial charge in [-0.25, -0.2) is 4.79 Å². The third-order valence-corrected chi connectivity index (χ3v) is 3.60. The van der Waals surface area contributed by atoms with Gasteiger partial charge in [0, 0.05) is 6.54 Å². The quantitative estimate of drug-likeness (QED) is 0.861. The molecule has 5 heteroatoms. The van der Waals surface area contributed by atoms with Gasteiger partial charge in [-0.2, -0.15) is 0 Å². The summed E-state index contributed by atoms with van der Waals surface area (Å²) in [4.78, 5) is 16.4.